The first-order valence-electron chi connectivity index (χ1n) is 8.17. The molecule has 1 aromatic heterocycles. The minimum absolute atomic E-state index is 0.00559. The van der Waals surface area contributed by atoms with Crippen molar-refractivity contribution in [2.45, 2.75) is 25.9 Å². The SMILES string of the molecule is Cc1nocc1C(=O)N1CCC(F)(F)C(COCc2ccccc2)C1. The lowest BCUT2D eigenvalue weighted by molar-refractivity contribution is -0.124. The van der Waals surface area contributed by atoms with Crippen molar-refractivity contribution in [1.29, 1.82) is 0 Å². The van der Waals surface area contributed by atoms with Crippen LogP contribution in [-0.4, -0.2) is 41.6 Å². The first-order valence-corrected chi connectivity index (χ1v) is 8.17. The Kier molecular flexibility index (Phi) is 5.13. The standard InChI is InChI=1S/C18H20F2N2O3/c1-13-16(12-25-21-13)17(23)22-8-7-18(19,20)15(9-22)11-24-10-14-5-3-2-4-6-14/h2-6,12,15H,7-11H2,1H3. The molecule has 1 fully saturated rings. The smallest absolute Gasteiger partial charge is 0.259 e. The number of carbonyl (C=O) groups is 1. The van der Waals surface area contributed by atoms with Crippen molar-refractivity contribution >= 4 is 5.91 Å². The molecule has 25 heavy (non-hydrogen) atoms. The van der Waals surface area contributed by atoms with Crippen LogP contribution in [0.2, 0.25) is 0 Å². The summed E-state index contributed by atoms with van der Waals surface area (Å²) in [6, 6.07) is 9.38. The first-order chi connectivity index (χ1) is 12.0. The molecule has 2 heterocycles. The van der Waals surface area contributed by atoms with Gasteiger partial charge >= 0.3 is 0 Å². The van der Waals surface area contributed by atoms with Gasteiger partial charge in [-0.05, 0) is 12.5 Å². The van der Waals surface area contributed by atoms with Crippen LogP contribution in [0.15, 0.2) is 41.1 Å². The summed E-state index contributed by atoms with van der Waals surface area (Å²) < 4.78 is 38.7. The van der Waals surface area contributed by atoms with Gasteiger partial charge in [-0.1, -0.05) is 35.5 Å². The fourth-order valence-electron chi connectivity index (χ4n) is 2.90. The maximum absolute atomic E-state index is 14.2. The average Bonchev–Trinajstić information content (AvgIpc) is 3.02. The lowest BCUT2D eigenvalue weighted by Gasteiger charge is -2.38. The molecule has 5 nitrogen and oxygen atoms in total. The quantitative estimate of drug-likeness (QED) is 0.830. The van der Waals surface area contributed by atoms with Gasteiger partial charge in [0, 0.05) is 19.5 Å². The molecule has 1 aromatic carbocycles. The minimum Gasteiger partial charge on any atom is -0.376 e. The van der Waals surface area contributed by atoms with E-state index in [9.17, 15) is 13.6 Å². The normalized spacial score (nSPS) is 19.8. The number of aryl methyl sites for hydroxylation is 1. The number of carbonyl (C=O) groups excluding carboxylic acids is 1. The second kappa shape index (κ2) is 7.31. The minimum atomic E-state index is -2.85. The van der Waals surface area contributed by atoms with Gasteiger partial charge in [0.05, 0.1) is 24.8 Å². The van der Waals surface area contributed by atoms with Crippen LogP contribution >= 0.6 is 0 Å². The van der Waals surface area contributed by atoms with E-state index in [1.54, 1.807) is 6.92 Å². The molecule has 1 aliphatic heterocycles. The van der Waals surface area contributed by atoms with Gasteiger partial charge < -0.3 is 14.2 Å². The molecular weight excluding hydrogens is 330 g/mol. The number of nitrogens with zero attached hydrogens (tertiary/aromatic N) is 2. The third kappa shape index (κ3) is 4.04. The second-order valence-corrected chi connectivity index (χ2v) is 6.27. The molecule has 0 spiro atoms. The molecule has 0 aliphatic carbocycles. The summed E-state index contributed by atoms with van der Waals surface area (Å²) in [4.78, 5) is 13.9. The highest BCUT2D eigenvalue weighted by atomic mass is 19.3. The largest absolute Gasteiger partial charge is 0.376 e. The Labute approximate surface area is 144 Å². The highest BCUT2D eigenvalue weighted by Gasteiger charge is 2.45. The van der Waals surface area contributed by atoms with E-state index >= 15 is 0 Å². The first kappa shape index (κ1) is 17.5. The summed E-state index contributed by atoms with van der Waals surface area (Å²) in [6.45, 7) is 1.77. The molecule has 1 saturated heterocycles. The third-order valence-corrected chi connectivity index (χ3v) is 4.45. The van der Waals surface area contributed by atoms with Crippen LogP contribution in [0.25, 0.3) is 0 Å². The molecule has 0 bridgehead atoms. The topological polar surface area (TPSA) is 55.6 Å². The van der Waals surface area contributed by atoms with Crippen molar-refractivity contribution in [1.82, 2.24) is 10.1 Å². The van der Waals surface area contributed by atoms with E-state index in [1.165, 1.54) is 11.2 Å². The van der Waals surface area contributed by atoms with Gasteiger partial charge in [0.15, 0.2) is 0 Å². The van der Waals surface area contributed by atoms with Gasteiger partial charge in [-0.2, -0.15) is 0 Å². The number of aromatic nitrogens is 1. The summed E-state index contributed by atoms with van der Waals surface area (Å²) in [5.41, 5.74) is 1.70. The number of likely N-dealkylation sites (tertiary alicyclic amines) is 1. The summed E-state index contributed by atoms with van der Waals surface area (Å²) in [7, 11) is 0. The number of hydrogen-bond donors (Lipinski definition) is 0. The number of halogens is 2. The predicted molar refractivity (Wildman–Crippen MR) is 86.3 cm³/mol. The number of piperidine rings is 1. The Morgan fingerprint density at radius 1 is 1.40 bits per heavy atom. The predicted octanol–water partition coefficient (Wildman–Crippen LogP) is 3.30. The van der Waals surface area contributed by atoms with E-state index in [0.29, 0.717) is 11.3 Å². The molecule has 0 radical (unpaired) electrons. The van der Waals surface area contributed by atoms with Gasteiger partial charge in [0.1, 0.15) is 11.8 Å². The van der Waals surface area contributed by atoms with E-state index in [4.69, 9.17) is 9.26 Å². The van der Waals surface area contributed by atoms with Crippen molar-refractivity contribution in [3.05, 3.63) is 53.4 Å². The van der Waals surface area contributed by atoms with Gasteiger partial charge in [0.25, 0.3) is 11.8 Å². The molecule has 134 valence electrons. The van der Waals surface area contributed by atoms with Crippen molar-refractivity contribution in [3.8, 4) is 0 Å². The van der Waals surface area contributed by atoms with E-state index in [0.717, 1.165) is 5.56 Å². The number of rotatable bonds is 5. The highest BCUT2D eigenvalue weighted by molar-refractivity contribution is 5.94. The molecule has 1 amide bonds. The van der Waals surface area contributed by atoms with Crippen LogP contribution in [-0.2, 0) is 11.3 Å². The van der Waals surface area contributed by atoms with Gasteiger partial charge in [0.2, 0.25) is 0 Å². The summed E-state index contributed by atoms with van der Waals surface area (Å²) >= 11 is 0. The monoisotopic (exact) mass is 350 g/mol. The third-order valence-electron chi connectivity index (χ3n) is 4.45. The Morgan fingerprint density at radius 2 is 2.16 bits per heavy atom. The van der Waals surface area contributed by atoms with Crippen molar-refractivity contribution in [2.75, 3.05) is 19.7 Å². The Balaban J connectivity index is 1.61. The lowest BCUT2D eigenvalue weighted by atomic mass is 9.93. The molecule has 1 aliphatic rings. The van der Waals surface area contributed by atoms with Gasteiger partial charge in [-0.25, -0.2) is 8.78 Å². The Hall–Kier alpha value is -2.28. The number of hydrogen-bond acceptors (Lipinski definition) is 4. The fourth-order valence-corrected chi connectivity index (χ4v) is 2.90. The zero-order valence-electron chi connectivity index (χ0n) is 14.0. The summed E-state index contributed by atoms with van der Waals surface area (Å²) in [5.74, 6) is -4.21. The number of benzene rings is 1. The molecule has 1 atom stereocenters. The summed E-state index contributed by atoms with van der Waals surface area (Å²) in [6.07, 6.45) is 0.883. The molecule has 2 aromatic rings. The number of amides is 1. The van der Waals surface area contributed by atoms with E-state index < -0.39 is 11.8 Å². The molecule has 0 N–H and O–H groups in total. The van der Waals surface area contributed by atoms with E-state index in [1.807, 2.05) is 30.3 Å². The molecule has 3 rings (SSSR count). The van der Waals surface area contributed by atoms with Crippen LogP contribution in [0.5, 0.6) is 0 Å². The van der Waals surface area contributed by atoms with E-state index in [-0.39, 0.29) is 38.6 Å². The fraction of sp³-hybridized carbons (Fsp3) is 0.444. The average molecular weight is 350 g/mol. The molecule has 7 heteroatoms. The molecular formula is C18H20F2N2O3. The van der Waals surface area contributed by atoms with Crippen LogP contribution in [0.4, 0.5) is 8.78 Å². The van der Waals surface area contributed by atoms with Crippen molar-refractivity contribution < 1.29 is 22.8 Å². The maximum Gasteiger partial charge on any atom is 0.259 e. The van der Waals surface area contributed by atoms with Crippen LogP contribution < -0.4 is 0 Å². The van der Waals surface area contributed by atoms with Crippen molar-refractivity contribution in [2.24, 2.45) is 5.92 Å². The zero-order chi connectivity index (χ0) is 17.9. The van der Waals surface area contributed by atoms with Crippen LogP contribution in [0.1, 0.15) is 28.0 Å². The van der Waals surface area contributed by atoms with Gasteiger partial charge in [-0.3, -0.25) is 4.79 Å². The lowest BCUT2D eigenvalue weighted by Crippen LogP contribution is -2.50. The Bertz CT molecular complexity index is 718. The second-order valence-electron chi connectivity index (χ2n) is 6.27. The zero-order valence-corrected chi connectivity index (χ0v) is 14.0. The highest BCUT2D eigenvalue weighted by Crippen LogP contribution is 2.34. The molecule has 0 saturated carbocycles. The molecule has 1 unspecified atom stereocenters. The van der Waals surface area contributed by atoms with Crippen LogP contribution in [0, 0.1) is 12.8 Å². The Morgan fingerprint density at radius 3 is 2.84 bits per heavy atom. The van der Waals surface area contributed by atoms with Crippen molar-refractivity contribution in [3.63, 3.8) is 0 Å². The van der Waals surface area contributed by atoms with E-state index in [2.05, 4.69) is 5.16 Å². The van der Waals surface area contributed by atoms with Gasteiger partial charge in [-0.15, -0.1) is 0 Å². The number of ether oxygens (including phenoxy) is 1. The maximum atomic E-state index is 14.2. The summed E-state index contributed by atoms with van der Waals surface area (Å²) in [5, 5.41) is 3.67. The van der Waals surface area contributed by atoms with Crippen LogP contribution in [0.3, 0.4) is 0 Å². The number of alkyl halides is 2.